The van der Waals surface area contributed by atoms with Crippen molar-refractivity contribution in [1.82, 2.24) is 9.55 Å². The molecule has 1 saturated carbocycles. The average molecular weight is 273 g/mol. The number of methoxy groups -OCH3 is 1. The van der Waals surface area contributed by atoms with E-state index >= 15 is 0 Å². The lowest BCUT2D eigenvalue weighted by atomic mass is 10.2. The van der Waals surface area contributed by atoms with Crippen LogP contribution in [0.15, 0.2) is 30.7 Å². The molecule has 0 unspecified atom stereocenters. The molecule has 0 radical (unpaired) electrons. The largest absolute Gasteiger partial charge is 0.497 e. The molecule has 0 saturated heterocycles. The van der Waals surface area contributed by atoms with Gasteiger partial charge in [0.2, 0.25) is 0 Å². The molecule has 106 valence electrons. The van der Waals surface area contributed by atoms with E-state index in [-0.39, 0.29) is 0 Å². The number of imidazole rings is 1. The van der Waals surface area contributed by atoms with Crippen molar-refractivity contribution in [2.24, 2.45) is 5.73 Å². The average Bonchev–Trinajstić information content (AvgIpc) is 3.23. The van der Waals surface area contributed by atoms with Crippen molar-refractivity contribution >= 4 is 0 Å². The third-order valence-electron chi connectivity index (χ3n) is 3.56. The van der Waals surface area contributed by atoms with Crippen molar-refractivity contribution in [3.8, 4) is 11.5 Å². The molecule has 1 aliphatic rings. The molecule has 2 N–H and O–H groups in total. The lowest BCUT2D eigenvalue weighted by molar-refractivity contribution is 0.289. The van der Waals surface area contributed by atoms with Crippen LogP contribution in [0.3, 0.4) is 0 Å². The third-order valence-corrected chi connectivity index (χ3v) is 3.56. The van der Waals surface area contributed by atoms with E-state index in [0.29, 0.717) is 19.2 Å². The van der Waals surface area contributed by atoms with Gasteiger partial charge in [-0.1, -0.05) is 6.07 Å². The Kier molecular flexibility index (Phi) is 3.60. The molecule has 5 nitrogen and oxygen atoms in total. The summed E-state index contributed by atoms with van der Waals surface area (Å²) < 4.78 is 13.3. The zero-order valence-electron chi connectivity index (χ0n) is 11.6. The summed E-state index contributed by atoms with van der Waals surface area (Å²) in [6, 6.07) is 6.31. The first-order valence-corrected chi connectivity index (χ1v) is 6.82. The van der Waals surface area contributed by atoms with Crippen LogP contribution in [0.25, 0.3) is 0 Å². The fourth-order valence-corrected chi connectivity index (χ4v) is 2.24. The van der Waals surface area contributed by atoms with Gasteiger partial charge < -0.3 is 19.8 Å². The maximum atomic E-state index is 5.91. The molecule has 2 aromatic rings. The highest BCUT2D eigenvalue weighted by Gasteiger charge is 2.25. The van der Waals surface area contributed by atoms with Gasteiger partial charge in [0.05, 0.1) is 25.3 Å². The second kappa shape index (κ2) is 5.54. The first-order valence-electron chi connectivity index (χ1n) is 6.82. The lowest BCUT2D eigenvalue weighted by Crippen LogP contribution is -2.06. The van der Waals surface area contributed by atoms with Crippen LogP contribution in [0.4, 0.5) is 0 Å². The standard InChI is InChI=1S/C15H19N3O2/c1-19-14-5-2-11(7-16)15(6-14)20-9-13-8-17-10-18(13)12-3-4-12/h2,5-6,8,10,12H,3-4,7,9,16H2,1H3. The Bertz CT molecular complexity index is 591. The second-order valence-corrected chi connectivity index (χ2v) is 4.99. The van der Waals surface area contributed by atoms with Crippen molar-refractivity contribution in [1.29, 1.82) is 0 Å². The SMILES string of the molecule is COc1ccc(CN)c(OCc2cncn2C2CC2)c1. The van der Waals surface area contributed by atoms with Crippen LogP contribution in [0, 0.1) is 0 Å². The molecule has 0 bridgehead atoms. The molecular weight excluding hydrogens is 254 g/mol. The van der Waals surface area contributed by atoms with Gasteiger partial charge in [-0.25, -0.2) is 4.98 Å². The normalized spacial score (nSPS) is 14.3. The van der Waals surface area contributed by atoms with Gasteiger partial charge >= 0.3 is 0 Å². The molecule has 5 heteroatoms. The summed E-state index contributed by atoms with van der Waals surface area (Å²) in [5, 5.41) is 0. The molecule has 1 aliphatic carbocycles. The van der Waals surface area contributed by atoms with Gasteiger partial charge in [0, 0.05) is 24.2 Å². The first-order chi connectivity index (χ1) is 9.81. The summed E-state index contributed by atoms with van der Waals surface area (Å²) in [6.45, 7) is 0.942. The second-order valence-electron chi connectivity index (χ2n) is 4.99. The number of rotatable bonds is 6. The zero-order chi connectivity index (χ0) is 13.9. The maximum absolute atomic E-state index is 5.91. The van der Waals surface area contributed by atoms with Crippen molar-refractivity contribution in [3.05, 3.63) is 42.0 Å². The van der Waals surface area contributed by atoms with Crippen LogP contribution in [0.5, 0.6) is 11.5 Å². The molecule has 0 atom stereocenters. The van der Waals surface area contributed by atoms with Gasteiger partial charge in [-0.2, -0.15) is 0 Å². The minimum Gasteiger partial charge on any atom is -0.497 e. The molecular formula is C15H19N3O2. The molecule has 0 spiro atoms. The number of ether oxygens (including phenoxy) is 2. The van der Waals surface area contributed by atoms with E-state index in [1.54, 1.807) is 7.11 Å². The van der Waals surface area contributed by atoms with Crippen molar-refractivity contribution < 1.29 is 9.47 Å². The summed E-state index contributed by atoms with van der Waals surface area (Å²) in [6.07, 6.45) is 6.21. The van der Waals surface area contributed by atoms with Gasteiger partial charge in [-0.15, -0.1) is 0 Å². The minimum atomic E-state index is 0.446. The topological polar surface area (TPSA) is 62.3 Å². The van der Waals surface area contributed by atoms with Crippen molar-refractivity contribution in [2.75, 3.05) is 7.11 Å². The quantitative estimate of drug-likeness (QED) is 0.877. The summed E-state index contributed by atoms with van der Waals surface area (Å²) in [7, 11) is 1.64. The van der Waals surface area contributed by atoms with Gasteiger partial charge in [0.1, 0.15) is 18.1 Å². The Morgan fingerprint density at radius 3 is 2.95 bits per heavy atom. The van der Waals surface area contributed by atoms with Crippen LogP contribution in [0.1, 0.15) is 30.1 Å². The molecule has 20 heavy (non-hydrogen) atoms. The van der Waals surface area contributed by atoms with Crippen LogP contribution >= 0.6 is 0 Å². The number of benzene rings is 1. The van der Waals surface area contributed by atoms with E-state index in [1.165, 1.54) is 12.8 Å². The highest BCUT2D eigenvalue weighted by atomic mass is 16.5. The van der Waals surface area contributed by atoms with Crippen molar-refractivity contribution in [2.45, 2.75) is 32.0 Å². The van der Waals surface area contributed by atoms with E-state index in [9.17, 15) is 0 Å². The van der Waals surface area contributed by atoms with E-state index in [0.717, 1.165) is 22.8 Å². The lowest BCUT2D eigenvalue weighted by Gasteiger charge is -2.13. The summed E-state index contributed by atoms with van der Waals surface area (Å²) in [4.78, 5) is 4.21. The Morgan fingerprint density at radius 1 is 1.40 bits per heavy atom. The van der Waals surface area contributed by atoms with E-state index < -0.39 is 0 Å². The molecule has 1 aromatic heterocycles. The molecule has 1 fully saturated rings. The molecule has 0 amide bonds. The third kappa shape index (κ3) is 2.63. The Labute approximate surface area is 118 Å². The molecule has 0 aliphatic heterocycles. The van der Waals surface area contributed by atoms with Gasteiger partial charge in [-0.3, -0.25) is 0 Å². The fraction of sp³-hybridized carbons (Fsp3) is 0.400. The smallest absolute Gasteiger partial charge is 0.130 e. The fourth-order valence-electron chi connectivity index (χ4n) is 2.24. The maximum Gasteiger partial charge on any atom is 0.130 e. The van der Waals surface area contributed by atoms with Crippen molar-refractivity contribution in [3.63, 3.8) is 0 Å². The molecule has 1 heterocycles. The monoisotopic (exact) mass is 273 g/mol. The number of nitrogens with zero attached hydrogens (tertiary/aromatic N) is 2. The van der Waals surface area contributed by atoms with Gasteiger partial charge in [0.25, 0.3) is 0 Å². The highest BCUT2D eigenvalue weighted by molar-refractivity contribution is 5.40. The van der Waals surface area contributed by atoms with E-state index in [1.807, 2.05) is 30.7 Å². The summed E-state index contributed by atoms with van der Waals surface area (Å²) >= 11 is 0. The van der Waals surface area contributed by atoms with Crippen LogP contribution in [-0.2, 0) is 13.2 Å². The van der Waals surface area contributed by atoms with Gasteiger partial charge in [-0.05, 0) is 18.9 Å². The van der Waals surface area contributed by atoms with Gasteiger partial charge in [0.15, 0.2) is 0 Å². The van der Waals surface area contributed by atoms with E-state index in [4.69, 9.17) is 15.2 Å². The molecule has 3 rings (SSSR count). The van der Waals surface area contributed by atoms with Crippen LogP contribution < -0.4 is 15.2 Å². The minimum absolute atomic E-state index is 0.446. The Hall–Kier alpha value is -2.01. The number of hydrogen-bond acceptors (Lipinski definition) is 4. The number of aromatic nitrogens is 2. The number of hydrogen-bond donors (Lipinski definition) is 1. The predicted octanol–water partition coefficient (Wildman–Crippen LogP) is 2.26. The van der Waals surface area contributed by atoms with Crippen LogP contribution in [0.2, 0.25) is 0 Å². The van der Waals surface area contributed by atoms with E-state index in [2.05, 4.69) is 9.55 Å². The number of nitrogens with two attached hydrogens (primary N) is 1. The molecule has 1 aromatic carbocycles. The summed E-state index contributed by atoms with van der Waals surface area (Å²) in [5.74, 6) is 1.54. The Morgan fingerprint density at radius 2 is 2.25 bits per heavy atom. The Balaban J connectivity index is 1.75. The van der Waals surface area contributed by atoms with Crippen LogP contribution in [-0.4, -0.2) is 16.7 Å². The zero-order valence-corrected chi connectivity index (χ0v) is 11.6. The highest BCUT2D eigenvalue weighted by Crippen LogP contribution is 2.36. The predicted molar refractivity (Wildman–Crippen MR) is 75.7 cm³/mol. The summed E-state index contributed by atoms with van der Waals surface area (Å²) in [5.41, 5.74) is 7.81. The first kappa shape index (κ1) is 13.0.